The number of amides is 2. The van der Waals surface area contributed by atoms with Crippen molar-refractivity contribution in [2.45, 2.75) is 72.7 Å². The quantitative estimate of drug-likeness (QED) is 0.127. The van der Waals surface area contributed by atoms with E-state index in [1.54, 1.807) is 32.9 Å². The zero-order valence-electron chi connectivity index (χ0n) is 22.5. The van der Waals surface area contributed by atoms with Gasteiger partial charge in [0, 0.05) is 23.1 Å². The topological polar surface area (TPSA) is 156 Å². The first-order valence-corrected chi connectivity index (χ1v) is 12.3. The third kappa shape index (κ3) is 9.59. The summed E-state index contributed by atoms with van der Waals surface area (Å²) in [5, 5.41) is 23.2. The zero-order chi connectivity index (χ0) is 28.4. The third-order valence-electron chi connectivity index (χ3n) is 6.34. The Morgan fingerprint density at radius 1 is 1.14 bits per heavy atom. The summed E-state index contributed by atoms with van der Waals surface area (Å²) in [7, 11) is 0. The molecule has 5 N–H and O–H groups in total. The van der Waals surface area contributed by atoms with Crippen molar-refractivity contribution in [1.82, 2.24) is 5.32 Å². The second-order valence-electron chi connectivity index (χ2n) is 9.75. The van der Waals surface area contributed by atoms with Gasteiger partial charge in [0.05, 0.1) is 17.9 Å². The Kier molecular flexibility index (Phi) is 12.4. The van der Waals surface area contributed by atoms with E-state index in [4.69, 9.17) is 10.5 Å². The molecule has 0 bridgehead atoms. The average molecular weight is 517 g/mol. The molecule has 6 atom stereocenters. The van der Waals surface area contributed by atoms with Gasteiger partial charge < -0.3 is 26.0 Å². The van der Waals surface area contributed by atoms with Gasteiger partial charge in [-0.05, 0) is 50.2 Å². The Hall–Kier alpha value is -3.30. The Balaban J connectivity index is 2.90. The van der Waals surface area contributed by atoms with Crippen molar-refractivity contribution in [3.63, 3.8) is 0 Å². The summed E-state index contributed by atoms with van der Waals surface area (Å²) >= 11 is 0. The van der Waals surface area contributed by atoms with Crippen LogP contribution in [-0.4, -0.2) is 52.1 Å². The van der Waals surface area contributed by atoms with Crippen molar-refractivity contribution >= 4 is 23.6 Å². The summed E-state index contributed by atoms with van der Waals surface area (Å²) < 4.78 is 5.06. The van der Waals surface area contributed by atoms with Crippen LogP contribution in [0, 0.1) is 17.8 Å². The molecule has 1 aliphatic carbocycles. The molecule has 0 aliphatic heterocycles. The summed E-state index contributed by atoms with van der Waals surface area (Å²) in [5.74, 6) is -2.53. The molecule has 9 nitrogen and oxygen atoms in total. The molecule has 0 unspecified atom stereocenters. The summed E-state index contributed by atoms with van der Waals surface area (Å²) in [6, 6.07) is 0. The lowest BCUT2D eigenvalue weighted by Crippen LogP contribution is -2.36. The van der Waals surface area contributed by atoms with Crippen LogP contribution in [-0.2, 0) is 19.1 Å². The fourth-order valence-electron chi connectivity index (χ4n) is 4.07. The van der Waals surface area contributed by atoms with Gasteiger partial charge in [0.15, 0.2) is 5.78 Å². The molecule has 1 aliphatic rings. The monoisotopic (exact) mass is 516 g/mol. The van der Waals surface area contributed by atoms with E-state index in [-0.39, 0.29) is 28.7 Å². The molecule has 37 heavy (non-hydrogen) atoms. The third-order valence-corrected chi connectivity index (χ3v) is 6.34. The minimum atomic E-state index is -1.23. The number of carbonyl (C=O) groups is 4. The molecular formula is C28H40N2O7. The molecule has 0 saturated heterocycles. The number of hydrogen-bond donors (Lipinski definition) is 4. The number of carbonyl (C=O) groups excluding carboxylic acids is 4. The van der Waals surface area contributed by atoms with E-state index in [1.165, 1.54) is 13.0 Å². The van der Waals surface area contributed by atoms with Crippen LogP contribution in [0.1, 0.15) is 54.4 Å². The van der Waals surface area contributed by atoms with Gasteiger partial charge >= 0.3 is 6.09 Å². The maximum absolute atomic E-state index is 13.0. The van der Waals surface area contributed by atoms with Crippen molar-refractivity contribution in [2.75, 3.05) is 0 Å². The number of nitrogens with one attached hydrogen (secondary N) is 1. The molecule has 0 aromatic rings. The average Bonchev–Trinajstić information content (AvgIpc) is 2.82. The highest BCUT2D eigenvalue weighted by Gasteiger charge is 2.32. The molecule has 0 spiro atoms. The van der Waals surface area contributed by atoms with Gasteiger partial charge in [0.2, 0.25) is 5.78 Å². The summed E-state index contributed by atoms with van der Waals surface area (Å²) in [4.78, 5) is 49.0. The van der Waals surface area contributed by atoms with Crippen molar-refractivity contribution in [3.05, 3.63) is 59.4 Å². The normalized spacial score (nSPS) is 19.3. The molecule has 9 heteroatoms. The number of ether oxygens (including phenoxy) is 1. The number of aliphatic hydroxyl groups is 2. The van der Waals surface area contributed by atoms with Crippen molar-refractivity contribution in [2.24, 2.45) is 23.5 Å². The summed E-state index contributed by atoms with van der Waals surface area (Å²) in [6.07, 6.45) is 4.64. The van der Waals surface area contributed by atoms with Gasteiger partial charge in [-0.25, -0.2) is 4.79 Å². The molecule has 0 radical (unpaired) electrons. The first-order chi connectivity index (χ1) is 17.2. The fraction of sp³-hybridized carbons (Fsp3) is 0.500. The van der Waals surface area contributed by atoms with Crippen LogP contribution in [0.2, 0.25) is 0 Å². The maximum atomic E-state index is 13.0. The van der Waals surface area contributed by atoms with Gasteiger partial charge in [-0.3, -0.25) is 14.4 Å². The lowest BCUT2D eigenvalue weighted by atomic mass is 9.83. The Bertz CT molecular complexity index is 1020. The Morgan fingerprint density at radius 2 is 1.76 bits per heavy atom. The minimum Gasteiger partial charge on any atom is -0.441 e. The van der Waals surface area contributed by atoms with Crippen LogP contribution in [0.5, 0.6) is 0 Å². The van der Waals surface area contributed by atoms with Crippen LogP contribution >= 0.6 is 0 Å². The van der Waals surface area contributed by atoms with Gasteiger partial charge in [0.1, 0.15) is 6.10 Å². The van der Waals surface area contributed by atoms with Crippen molar-refractivity contribution in [3.8, 4) is 0 Å². The van der Waals surface area contributed by atoms with E-state index in [0.717, 1.165) is 12.2 Å². The van der Waals surface area contributed by atoms with Crippen LogP contribution in [0.25, 0.3) is 0 Å². The van der Waals surface area contributed by atoms with E-state index in [0.29, 0.717) is 18.4 Å². The highest BCUT2D eigenvalue weighted by Crippen LogP contribution is 2.26. The van der Waals surface area contributed by atoms with Gasteiger partial charge in [-0.1, -0.05) is 52.5 Å². The van der Waals surface area contributed by atoms with Gasteiger partial charge in [-0.15, -0.1) is 0 Å². The Labute approximate surface area is 218 Å². The largest absolute Gasteiger partial charge is 0.441 e. The predicted molar refractivity (Wildman–Crippen MR) is 141 cm³/mol. The standard InChI is InChI=1S/C28H40N2O7/c1-8-23(32)18(6)12-19(7)24(33)21-13-20(31)14-22(25(21)34)30-27(35)17(5)11-9-10-16(4)26(15(2)3)37-28(29)36/h9-11,13-14,16,18-19,23-24,26,32-33H,2,8,12H2,1,3-7H3,(H2,29,36)(H,30,35)/b10-9-,17-11+/t16-,18-,19-,23+,24+,26-/m0/s1. The molecule has 0 aromatic heterocycles. The molecule has 0 aromatic carbocycles. The number of primary amides is 1. The number of allylic oxidation sites excluding steroid dienone is 5. The van der Waals surface area contributed by atoms with Gasteiger partial charge in [-0.2, -0.15) is 0 Å². The minimum absolute atomic E-state index is 0.0934. The van der Waals surface area contributed by atoms with E-state index < -0.39 is 47.8 Å². The lowest BCUT2D eigenvalue weighted by molar-refractivity contribution is -0.120. The van der Waals surface area contributed by atoms with Crippen molar-refractivity contribution in [1.29, 1.82) is 0 Å². The number of nitrogens with two attached hydrogens (primary N) is 1. The molecule has 204 valence electrons. The van der Waals surface area contributed by atoms with Crippen LogP contribution in [0.3, 0.4) is 0 Å². The summed E-state index contributed by atoms with van der Waals surface area (Å²) in [5.41, 5.74) is 5.65. The molecule has 1 rings (SSSR count). The number of aliphatic hydroxyl groups excluding tert-OH is 2. The fourth-order valence-corrected chi connectivity index (χ4v) is 4.07. The van der Waals surface area contributed by atoms with E-state index in [1.807, 2.05) is 13.8 Å². The number of hydrogen-bond acceptors (Lipinski definition) is 7. The van der Waals surface area contributed by atoms with E-state index in [9.17, 15) is 29.4 Å². The SMILES string of the molecule is C=C(C)[C@H](OC(N)=O)[C@@H](C)/C=C\C=C(/C)C(=O)NC1=CC(=O)C=C([C@H](O)[C@@H](C)C[C@H](C)[C@H](O)CC)C1=O. The molecule has 0 heterocycles. The smallest absolute Gasteiger partial charge is 0.405 e. The summed E-state index contributed by atoms with van der Waals surface area (Å²) in [6.45, 7) is 14.3. The molecule has 0 saturated carbocycles. The second kappa shape index (κ2) is 14.4. The van der Waals surface area contributed by atoms with Gasteiger partial charge in [0.25, 0.3) is 5.91 Å². The number of rotatable bonds is 13. The predicted octanol–water partition coefficient (Wildman–Crippen LogP) is 3.04. The van der Waals surface area contributed by atoms with Crippen LogP contribution in [0.4, 0.5) is 4.79 Å². The first kappa shape index (κ1) is 31.7. The lowest BCUT2D eigenvalue weighted by Gasteiger charge is -2.27. The van der Waals surface area contributed by atoms with E-state index in [2.05, 4.69) is 11.9 Å². The maximum Gasteiger partial charge on any atom is 0.405 e. The van der Waals surface area contributed by atoms with Crippen molar-refractivity contribution < 1.29 is 34.1 Å². The molecule has 0 fully saturated rings. The number of Topliss-reactive ketones (excluding diaryl/α,β-unsaturated/α-hetero) is 1. The van der Waals surface area contributed by atoms with Crippen LogP contribution < -0.4 is 11.1 Å². The molecular weight excluding hydrogens is 476 g/mol. The Morgan fingerprint density at radius 3 is 2.30 bits per heavy atom. The molecule has 2 amide bonds. The number of ketones is 2. The highest BCUT2D eigenvalue weighted by molar-refractivity contribution is 6.22. The van der Waals surface area contributed by atoms with Crippen LogP contribution in [0.15, 0.2) is 59.4 Å². The first-order valence-electron chi connectivity index (χ1n) is 12.3. The van der Waals surface area contributed by atoms with E-state index >= 15 is 0 Å². The zero-order valence-corrected chi connectivity index (χ0v) is 22.5. The second-order valence-corrected chi connectivity index (χ2v) is 9.75. The highest BCUT2D eigenvalue weighted by atomic mass is 16.6.